The molecule has 7 heteroatoms. The van der Waals surface area contributed by atoms with E-state index in [-0.39, 0.29) is 12.7 Å². The molecule has 1 aromatic carbocycles. The molecule has 0 fully saturated rings. The van der Waals surface area contributed by atoms with Gasteiger partial charge in [0.1, 0.15) is 19.7 Å². The molecule has 3 N–H and O–H groups in total. The standard InChI is InChI=1S/C12H14F3NO3/c13-12(14,15)11(17)6-16-5-8-7-18-9-3-1-2-4-10(9)19-8/h1-4,8,11,16-17H,5-7H2/p+1/t8-,11-/m1/s1. The number of rotatable bonds is 4. The summed E-state index contributed by atoms with van der Waals surface area (Å²) in [5, 5.41) is 10.2. The molecule has 2 atom stereocenters. The Morgan fingerprint density at radius 2 is 2.00 bits per heavy atom. The van der Waals surface area contributed by atoms with Crippen LogP contribution in [0.4, 0.5) is 13.2 Å². The molecule has 1 aliphatic rings. The van der Waals surface area contributed by atoms with Gasteiger partial charge in [0.15, 0.2) is 23.7 Å². The first-order valence-electron chi connectivity index (χ1n) is 5.92. The molecule has 0 saturated carbocycles. The van der Waals surface area contributed by atoms with Gasteiger partial charge in [-0.2, -0.15) is 13.2 Å². The molecular weight excluding hydrogens is 263 g/mol. The maximum Gasteiger partial charge on any atom is 0.419 e. The molecule has 0 bridgehead atoms. The van der Waals surface area contributed by atoms with Crippen molar-refractivity contribution >= 4 is 0 Å². The van der Waals surface area contributed by atoms with Crippen molar-refractivity contribution in [3.05, 3.63) is 24.3 Å². The first-order chi connectivity index (χ1) is 8.97. The summed E-state index contributed by atoms with van der Waals surface area (Å²) in [6.45, 7) is 0.141. The quantitative estimate of drug-likeness (QED) is 0.833. The molecule has 0 aromatic heterocycles. The van der Waals surface area contributed by atoms with Crippen LogP contribution in [0.15, 0.2) is 24.3 Å². The predicted octanol–water partition coefficient (Wildman–Crippen LogP) is 0.313. The lowest BCUT2D eigenvalue weighted by atomic mass is 10.2. The van der Waals surface area contributed by atoms with Gasteiger partial charge < -0.3 is 19.9 Å². The summed E-state index contributed by atoms with van der Waals surface area (Å²) in [6, 6.07) is 7.12. The molecule has 2 rings (SSSR count). The van der Waals surface area contributed by atoms with E-state index in [0.29, 0.717) is 18.0 Å². The Morgan fingerprint density at radius 3 is 2.68 bits per heavy atom. The van der Waals surface area contributed by atoms with Gasteiger partial charge in [-0.05, 0) is 12.1 Å². The number of benzene rings is 1. The van der Waals surface area contributed by atoms with Crippen LogP contribution < -0.4 is 14.8 Å². The van der Waals surface area contributed by atoms with Crippen molar-refractivity contribution in [3.63, 3.8) is 0 Å². The van der Waals surface area contributed by atoms with E-state index >= 15 is 0 Å². The van der Waals surface area contributed by atoms with Gasteiger partial charge in [0, 0.05) is 0 Å². The minimum Gasteiger partial charge on any atom is -0.486 e. The number of para-hydroxylation sites is 2. The van der Waals surface area contributed by atoms with Crippen LogP contribution in [0.25, 0.3) is 0 Å². The molecule has 0 amide bonds. The highest BCUT2D eigenvalue weighted by Gasteiger charge is 2.39. The average molecular weight is 278 g/mol. The fourth-order valence-electron chi connectivity index (χ4n) is 1.75. The van der Waals surface area contributed by atoms with E-state index in [9.17, 15) is 13.2 Å². The van der Waals surface area contributed by atoms with Crippen molar-refractivity contribution in [2.75, 3.05) is 19.7 Å². The molecule has 1 aromatic rings. The van der Waals surface area contributed by atoms with Crippen LogP contribution in [-0.2, 0) is 0 Å². The van der Waals surface area contributed by atoms with Gasteiger partial charge in [0.05, 0.1) is 0 Å². The number of alkyl halides is 3. The maximum absolute atomic E-state index is 12.1. The lowest BCUT2D eigenvalue weighted by molar-refractivity contribution is -0.670. The second-order valence-electron chi connectivity index (χ2n) is 4.32. The highest BCUT2D eigenvalue weighted by molar-refractivity contribution is 5.40. The third kappa shape index (κ3) is 3.74. The Bertz CT molecular complexity index is 425. The van der Waals surface area contributed by atoms with Crippen LogP contribution in [-0.4, -0.2) is 43.2 Å². The molecule has 0 unspecified atom stereocenters. The number of halogens is 3. The molecule has 0 aliphatic carbocycles. The average Bonchev–Trinajstić information content (AvgIpc) is 2.37. The number of hydrogen-bond donors (Lipinski definition) is 2. The summed E-state index contributed by atoms with van der Waals surface area (Å²) >= 11 is 0. The van der Waals surface area contributed by atoms with Gasteiger partial charge in [0.2, 0.25) is 0 Å². The van der Waals surface area contributed by atoms with E-state index in [1.807, 2.05) is 6.07 Å². The fraction of sp³-hybridized carbons (Fsp3) is 0.500. The maximum atomic E-state index is 12.1. The van der Waals surface area contributed by atoms with Crippen LogP contribution in [0.1, 0.15) is 0 Å². The SMILES string of the molecule is O[C@H](C[NH2+]C[C@@H]1COc2ccccc2O1)C(F)(F)F. The van der Waals surface area contributed by atoms with Crippen molar-refractivity contribution in [1.82, 2.24) is 0 Å². The molecule has 0 spiro atoms. The van der Waals surface area contributed by atoms with Gasteiger partial charge in [-0.25, -0.2) is 0 Å². The number of quaternary nitrogens is 1. The highest BCUT2D eigenvalue weighted by Crippen LogP contribution is 2.30. The summed E-state index contributed by atoms with van der Waals surface area (Å²) in [5.74, 6) is 1.22. The normalized spacial score (nSPS) is 20.1. The lowest BCUT2D eigenvalue weighted by Crippen LogP contribution is -2.89. The summed E-state index contributed by atoms with van der Waals surface area (Å²) < 4.78 is 47.3. The second-order valence-corrected chi connectivity index (χ2v) is 4.32. The molecule has 4 nitrogen and oxygen atoms in total. The Balaban J connectivity index is 1.77. The monoisotopic (exact) mass is 278 g/mol. The Kier molecular flexibility index (Phi) is 4.16. The van der Waals surface area contributed by atoms with E-state index in [2.05, 4.69) is 0 Å². The number of hydrogen-bond acceptors (Lipinski definition) is 3. The van der Waals surface area contributed by atoms with Gasteiger partial charge in [-0.1, -0.05) is 12.1 Å². The summed E-state index contributed by atoms with van der Waals surface area (Å²) in [4.78, 5) is 0. The second kappa shape index (κ2) is 5.66. The minimum atomic E-state index is -4.58. The van der Waals surface area contributed by atoms with Gasteiger partial charge in [-0.15, -0.1) is 0 Å². The van der Waals surface area contributed by atoms with Crippen LogP contribution in [0.3, 0.4) is 0 Å². The summed E-state index contributed by atoms with van der Waals surface area (Å²) in [6.07, 6.45) is -7.22. The van der Waals surface area contributed by atoms with Crippen molar-refractivity contribution in [1.29, 1.82) is 0 Å². The number of nitrogens with two attached hydrogens (primary N) is 1. The van der Waals surface area contributed by atoms with Gasteiger partial charge in [0.25, 0.3) is 0 Å². The molecule has 0 saturated heterocycles. The zero-order chi connectivity index (χ0) is 13.9. The third-order valence-corrected chi connectivity index (χ3v) is 2.76. The van der Waals surface area contributed by atoms with Gasteiger partial charge in [-0.3, -0.25) is 0 Å². The van der Waals surface area contributed by atoms with Crippen LogP contribution in [0, 0.1) is 0 Å². The largest absolute Gasteiger partial charge is 0.486 e. The minimum absolute atomic E-state index is 0.287. The van der Waals surface area contributed by atoms with E-state index < -0.39 is 18.8 Å². The number of fused-ring (bicyclic) bond motifs is 1. The molecule has 1 heterocycles. The summed E-state index contributed by atoms with van der Waals surface area (Å²) in [7, 11) is 0. The smallest absolute Gasteiger partial charge is 0.419 e. The number of aliphatic hydroxyl groups is 1. The first-order valence-corrected chi connectivity index (χ1v) is 5.92. The Labute approximate surface area is 108 Å². The lowest BCUT2D eigenvalue weighted by Gasteiger charge is -2.25. The zero-order valence-electron chi connectivity index (χ0n) is 10.1. The van der Waals surface area contributed by atoms with E-state index in [4.69, 9.17) is 14.6 Å². The molecule has 0 radical (unpaired) electrons. The summed E-state index contributed by atoms with van der Waals surface area (Å²) in [5.41, 5.74) is 0. The van der Waals surface area contributed by atoms with E-state index in [1.54, 1.807) is 18.2 Å². The number of ether oxygens (including phenoxy) is 2. The first kappa shape index (κ1) is 14.0. The molecule has 19 heavy (non-hydrogen) atoms. The topological polar surface area (TPSA) is 55.3 Å². The third-order valence-electron chi connectivity index (χ3n) is 2.76. The molecule has 1 aliphatic heterocycles. The fourth-order valence-corrected chi connectivity index (χ4v) is 1.75. The Morgan fingerprint density at radius 1 is 1.32 bits per heavy atom. The Hall–Kier alpha value is -1.47. The molecular formula is C12H15F3NO3+. The van der Waals surface area contributed by atoms with Crippen molar-refractivity contribution in [2.24, 2.45) is 0 Å². The highest BCUT2D eigenvalue weighted by atomic mass is 19.4. The zero-order valence-corrected chi connectivity index (χ0v) is 10.1. The van der Waals surface area contributed by atoms with Crippen LogP contribution >= 0.6 is 0 Å². The molecule has 106 valence electrons. The van der Waals surface area contributed by atoms with Crippen molar-refractivity contribution in [2.45, 2.75) is 18.4 Å². The van der Waals surface area contributed by atoms with Crippen LogP contribution in [0.2, 0.25) is 0 Å². The van der Waals surface area contributed by atoms with Crippen LogP contribution in [0.5, 0.6) is 11.5 Å². The van der Waals surface area contributed by atoms with Crippen molar-refractivity contribution < 1.29 is 33.1 Å². The predicted molar refractivity (Wildman–Crippen MR) is 60.1 cm³/mol. The van der Waals surface area contributed by atoms with E-state index in [0.717, 1.165) is 0 Å². The van der Waals surface area contributed by atoms with E-state index in [1.165, 1.54) is 5.32 Å². The van der Waals surface area contributed by atoms with Gasteiger partial charge >= 0.3 is 6.18 Å². The number of aliphatic hydroxyl groups excluding tert-OH is 1. The van der Waals surface area contributed by atoms with Crippen molar-refractivity contribution in [3.8, 4) is 11.5 Å².